The molecule has 1 aromatic carbocycles. The SMILES string of the molecule is CC(C)OC(=O)c1cc(-n2c(=O)cc(C(F)(F)F)n(C)c2=O)ccc1Cl.COc1nc(C)nc(NC(=O)NS(=O)(=O)c2ccsc2C(=O)O)n1. The second-order valence-electron chi connectivity index (χ2n) is 9.83. The van der Waals surface area contributed by atoms with Gasteiger partial charge in [-0.2, -0.15) is 28.1 Å². The fourth-order valence-corrected chi connectivity index (χ4v) is 6.16. The van der Waals surface area contributed by atoms with Crippen molar-refractivity contribution < 1.29 is 50.6 Å². The summed E-state index contributed by atoms with van der Waals surface area (Å²) in [6, 6.07) is 3.77. The first-order valence-electron chi connectivity index (χ1n) is 13.5. The molecule has 0 saturated carbocycles. The highest BCUT2D eigenvalue weighted by Crippen LogP contribution is 2.27. The van der Waals surface area contributed by atoms with Crippen LogP contribution >= 0.6 is 22.9 Å². The third-order valence-corrected chi connectivity index (χ3v) is 8.59. The molecule has 4 rings (SSSR count). The van der Waals surface area contributed by atoms with Gasteiger partial charge in [-0.1, -0.05) is 11.6 Å². The van der Waals surface area contributed by atoms with Gasteiger partial charge in [0, 0.05) is 13.1 Å². The number of amides is 2. The van der Waals surface area contributed by atoms with Crippen LogP contribution in [0.25, 0.3) is 5.69 Å². The topological polar surface area (TPSA) is 231 Å². The van der Waals surface area contributed by atoms with Crippen molar-refractivity contribution in [3.63, 3.8) is 0 Å². The summed E-state index contributed by atoms with van der Waals surface area (Å²) in [6.07, 6.45) is -5.30. The van der Waals surface area contributed by atoms with Gasteiger partial charge in [-0.3, -0.25) is 14.7 Å². The van der Waals surface area contributed by atoms with Gasteiger partial charge in [-0.05, 0) is 50.4 Å². The molecule has 3 aromatic heterocycles. The molecular weight excluding hydrogens is 739 g/mol. The average molecular weight is 764 g/mol. The molecule has 0 radical (unpaired) electrons. The van der Waals surface area contributed by atoms with Crippen LogP contribution in [0.5, 0.6) is 6.01 Å². The lowest BCUT2D eigenvalue weighted by Gasteiger charge is -2.15. The molecule has 0 fully saturated rings. The van der Waals surface area contributed by atoms with Gasteiger partial charge in [0.15, 0.2) is 0 Å². The van der Waals surface area contributed by atoms with Gasteiger partial charge in [-0.25, -0.2) is 36.9 Å². The number of esters is 1. The molecule has 0 aliphatic heterocycles. The number of benzene rings is 1. The number of aromatic nitrogens is 5. The zero-order valence-electron chi connectivity index (χ0n) is 26.2. The molecule has 0 atom stereocenters. The number of ether oxygens (including phenoxy) is 2. The maximum Gasteiger partial charge on any atom is 0.431 e. The molecule has 50 heavy (non-hydrogen) atoms. The molecular formula is C27H25ClF3N7O10S2. The van der Waals surface area contributed by atoms with E-state index >= 15 is 0 Å². The first-order valence-corrected chi connectivity index (χ1v) is 16.2. The summed E-state index contributed by atoms with van der Waals surface area (Å²) >= 11 is 6.66. The maximum atomic E-state index is 12.9. The van der Waals surface area contributed by atoms with Crippen molar-refractivity contribution in [1.29, 1.82) is 0 Å². The number of aryl methyl sites for hydroxylation is 1. The van der Waals surface area contributed by atoms with Crippen LogP contribution < -0.4 is 26.0 Å². The summed E-state index contributed by atoms with van der Waals surface area (Å²) in [5.74, 6) is -2.19. The molecule has 0 unspecified atom stereocenters. The van der Waals surface area contributed by atoms with Crippen molar-refractivity contribution in [3.05, 3.63) is 83.5 Å². The van der Waals surface area contributed by atoms with E-state index in [0.29, 0.717) is 15.2 Å². The second-order valence-corrected chi connectivity index (χ2v) is 12.8. The third kappa shape index (κ3) is 9.41. The molecule has 2 amide bonds. The third-order valence-electron chi connectivity index (χ3n) is 5.86. The first kappa shape index (κ1) is 39.1. The van der Waals surface area contributed by atoms with E-state index in [0.717, 1.165) is 30.5 Å². The van der Waals surface area contributed by atoms with Crippen molar-refractivity contribution in [3.8, 4) is 11.7 Å². The zero-order chi connectivity index (χ0) is 37.7. The van der Waals surface area contributed by atoms with Gasteiger partial charge in [0.25, 0.3) is 15.6 Å². The predicted octanol–water partition coefficient (Wildman–Crippen LogP) is 3.23. The number of thiophene rings is 1. The number of aromatic carboxylic acids is 1. The summed E-state index contributed by atoms with van der Waals surface area (Å²) in [5.41, 5.74) is -4.01. The Balaban J connectivity index is 0.000000271. The number of methoxy groups -OCH3 is 1. The van der Waals surface area contributed by atoms with Gasteiger partial charge in [0.1, 0.15) is 21.3 Å². The van der Waals surface area contributed by atoms with E-state index in [9.17, 15) is 45.6 Å². The molecule has 0 aliphatic rings. The van der Waals surface area contributed by atoms with Crippen LogP contribution in [0.1, 0.15) is 45.4 Å². The molecule has 0 saturated heterocycles. The summed E-state index contributed by atoms with van der Waals surface area (Å²) in [5, 5.41) is 12.4. The van der Waals surface area contributed by atoms with Crippen molar-refractivity contribution in [2.24, 2.45) is 7.05 Å². The van der Waals surface area contributed by atoms with E-state index in [1.54, 1.807) is 18.6 Å². The number of alkyl halides is 3. The van der Waals surface area contributed by atoms with Crippen molar-refractivity contribution >= 4 is 56.9 Å². The number of nitrogens with zero attached hydrogens (tertiary/aromatic N) is 5. The number of carboxylic acids is 1. The van der Waals surface area contributed by atoms with Crippen LogP contribution in [-0.2, 0) is 28.0 Å². The maximum absolute atomic E-state index is 12.9. The second kappa shape index (κ2) is 15.5. The molecule has 0 bridgehead atoms. The number of carboxylic acid groups (broad SMARTS) is 1. The number of carbonyl (C=O) groups is 3. The molecule has 3 N–H and O–H groups in total. The summed E-state index contributed by atoms with van der Waals surface area (Å²) < 4.78 is 75.2. The van der Waals surface area contributed by atoms with E-state index < -0.39 is 67.0 Å². The summed E-state index contributed by atoms with van der Waals surface area (Å²) in [6.45, 7) is 4.76. The van der Waals surface area contributed by atoms with Crippen LogP contribution in [0.2, 0.25) is 5.02 Å². The quantitative estimate of drug-likeness (QED) is 0.219. The first-order chi connectivity index (χ1) is 23.2. The van der Waals surface area contributed by atoms with Crippen LogP contribution in [0.4, 0.5) is 23.9 Å². The number of sulfonamides is 1. The monoisotopic (exact) mass is 763 g/mol. The Labute approximate surface area is 288 Å². The lowest BCUT2D eigenvalue weighted by Crippen LogP contribution is -2.40. The molecule has 268 valence electrons. The Morgan fingerprint density at radius 2 is 1.74 bits per heavy atom. The number of rotatable bonds is 8. The number of nitrogens with one attached hydrogen (secondary N) is 2. The van der Waals surface area contributed by atoms with E-state index in [2.05, 4.69) is 20.3 Å². The molecule has 0 aliphatic carbocycles. The zero-order valence-corrected chi connectivity index (χ0v) is 28.6. The molecule has 0 spiro atoms. The number of hydrogen-bond donors (Lipinski definition) is 3. The lowest BCUT2D eigenvalue weighted by atomic mass is 10.2. The van der Waals surface area contributed by atoms with Crippen molar-refractivity contribution in [2.45, 2.75) is 37.9 Å². The number of halogens is 4. The largest absolute Gasteiger partial charge is 0.477 e. The normalized spacial score (nSPS) is 11.3. The molecule has 3 heterocycles. The van der Waals surface area contributed by atoms with Gasteiger partial charge < -0.3 is 14.6 Å². The number of hydrogen-bond acceptors (Lipinski definition) is 13. The van der Waals surface area contributed by atoms with E-state index in [1.807, 2.05) is 0 Å². The van der Waals surface area contributed by atoms with Gasteiger partial charge >= 0.3 is 35.8 Å². The minimum absolute atomic E-state index is 0.0104. The fraction of sp³-hybridized carbons (Fsp3) is 0.259. The highest BCUT2D eigenvalue weighted by Gasteiger charge is 2.35. The average Bonchev–Trinajstić information content (AvgIpc) is 3.50. The van der Waals surface area contributed by atoms with Gasteiger partial charge in [-0.15, -0.1) is 11.3 Å². The van der Waals surface area contributed by atoms with Crippen LogP contribution in [-0.4, -0.2) is 68.8 Å². The number of anilines is 1. The number of carbonyl (C=O) groups excluding carboxylic acids is 2. The van der Waals surface area contributed by atoms with E-state index in [4.69, 9.17) is 26.2 Å². The van der Waals surface area contributed by atoms with Crippen LogP contribution in [0, 0.1) is 6.92 Å². The van der Waals surface area contributed by atoms with Crippen LogP contribution in [0.15, 0.2) is 50.2 Å². The Morgan fingerprint density at radius 1 is 1.08 bits per heavy atom. The summed E-state index contributed by atoms with van der Waals surface area (Å²) in [7, 11) is -2.17. The van der Waals surface area contributed by atoms with Gasteiger partial charge in [0.2, 0.25) is 5.95 Å². The predicted molar refractivity (Wildman–Crippen MR) is 170 cm³/mol. The van der Waals surface area contributed by atoms with Crippen molar-refractivity contribution in [1.82, 2.24) is 28.8 Å². The summed E-state index contributed by atoms with van der Waals surface area (Å²) in [4.78, 5) is 69.7. The Kier molecular flexibility index (Phi) is 12.1. The molecule has 4 aromatic rings. The van der Waals surface area contributed by atoms with Crippen LogP contribution in [0.3, 0.4) is 0 Å². The molecule has 23 heteroatoms. The van der Waals surface area contributed by atoms with E-state index in [1.165, 1.54) is 31.5 Å². The minimum Gasteiger partial charge on any atom is -0.477 e. The highest BCUT2D eigenvalue weighted by atomic mass is 35.5. The Hall–Kier alpha value is -5.35. The standard InChI is InChI=1S/C16H14ClF3N2O4.C11H11N5O6S2/c1-8(2)26-14(24)10-6-9(4-5-11(10)17)22-13(23)7-12(16(18,19)20)21(3)15(22)25;1-5-12-9(15-11(13-5)22-2)14-10(19)16-24(20,21)6-3-4-23-7(6)8(17)18/h4-8H,1-3H3;3-4H,1-2H3,(H,17,18)(H2,12,13,14,15,16,19). The van der Waals surface area contributed by atoms with Gasteiger partial charge in [0.05, 0.1) is 29.5 Å². The highest BCUT2D eigenvalue weighted by molar-refractivity contribution is 7.90. The Morgan fingerprint density at radius 3 is 2.32 bits per heavy atom. The van der Waals surface area contributed by atoms with Crippen molar-refractivity contribution in [2.75, 3.05) is 12.4 Å². The molecule has 17 nitrogen and oxygen atoms in total. The number of urea groups is 1. The Bertz CT molecular complexity index is 2190. The van der Waals surface area contributed by atoms with E-state index in [-0.39, 0.29) is 34.1 Å². The lowest BCUT2D eigenvalue weighted by molar-refractivity contribution is -0.144. The smallest absolute Gasteiger partial charge is 0.431 e. The fourth-order valence-electron chi connectivity index (χ4n) is 3.80. The minimum atomic E-state index is -4.86.